The minimum absolute atomic E-state index is 0.799. The highest BCUT2D eigenvalue weighted by atomic mass is 32.2. The van der Waals surface area contributed by atoms with Crippen molar-refractivity contribution in [1.82, 2.24) is 4.98 Å². The van der Waals surface area contributed by atoms with E-state index in [-0.39, 0.29) is 0 Å². The highest BCUT2D eigenvalue weighted by Gasteiger charge is 2.17. The summed E-state index contributed by atoms with van der Waals surface area (Å²) in [6.45, 7) is 0. The molecule has 0 saturated heterocycles. The van der Waals surface area contributed by atoms with Crippen LogP contribution in [-0.2, 0) is 12.8 Å². The molecule has 0 amide bonds. The van der Waals surface area contributed by atoms with E-state index in [4.69, 9.17) is 0 Å². The van der Waals surface area contributed by atoms with Crippen molar-refractivity contribution in [2.75, 3.05) is 6.26 Å². The van der Waals surface area contributed by atoms with Crippen LogP contribution in [0.4, 0.5) is 0 Å². The monoisotopic (exact) mass is 179 g/mol. The molecule has 1 aliphatic carbocycles. The molecule has 1 aromatic rings. The van der Waals surface area contributed by atoms with Gasteiger partial charge in [0.2, 0.25) is 0 Å². The Hall–Kier alpha value is -0.500. The van der Waals surface area contributed by atoms with Crippen molar-refractivity contribution in [1.29, 1.82) is 0 Å². The van der Waals surface area contributed by atoms with E-state index in [0.29, 0.717) is 0 Å². The maximum Gasteiger partial charge on any atom is 0.0446 e. The van der Waals surface area contributed by atoms with Gasteiger partial charge < -0.3 is 0 Å². The topological polar surface area (TPSA) is 12.9 Å². The lowest BCUT2D eigenvalue weighted by Crippen LogP contribution is -2.16. The molecular formula is C10H13NS. The number of hydrogen-bond donors (Lipinski definition) is 0. The fourth-order valence-electron chi connectivity index (χ4n) is 1.72. The third-order valence-corrected chi connectivity index (χ3v) is 3.54. The van der Waals surface area contributed by atoms with Crippen LogP contribution in [0.5, 0.6) is 0 Å². The summed E-state index contributed by atoms with van der Waals surface area (Å²) in [6.07, 6.45) is 7.80. The molecule has 1 aliphatic rings. The molecule has 1 aromatic heterocycles. The Morgan fingerprint density at radius 2 is 2.50 bits per heavy atom. The summed E-state index contributed by atoms with van der Waals surface area (Å²) in [6, 6.07) is 4.25. The number of hydrogen-bond acceptors (Lipinski definition) is 2. The minimum atomic E-state index is 0.799. The Kier molecular flexibility index (Phi) is 2.35. The van der Waals surface area contributed by atoms with Gasteiger partial charge in [0, 0.05) is 23.6 Å². The van der Waals surface area contributed by atoms with E-state index >= 15 is 0 Å². The zero-order valence-corrected chi connectivity index (χ0v) is 8.10. The summed E-state index contributed by atoms with van der Waals surface area (Å²) in [5.74, 6) is 0. The van der Waals surface area contributed by atoms with Crippen LogP contribution in [0.2, 0.25) is 0 Å². The average molecular weight is 179 g/mol. The maximum absolute atomic E-state index is 4.40. The smallest absolute Gasteiger partial charge is 0.0446 e. The Labute approximate surface area is 77.6 Å². The van der Waals surface area contributed by atoms with Gasteiger partial charge >= 0.3 is 0 Å². The van der Waals surface area contributed by atoms with Gasteiger partial charge in [0.05, 0.1) is 0 Å². The molecule has 0 spiro atoms. The quantitative estimate of drug-likeness (QED) is 0.656. The van der Waals surface area contributed by atoms with E-state index in [1.807, 2.05) is 24.0 Å². The highest BCUT2D eigenvalue weighted by Crippen LogP contribution is 2.25. The van der Waals surface area contributed by atoms with E-state index in [0.717, 1.165) is 11.7 Å². The zero-order valence-electron chi connectivity index (χ0n) is 7.29. The summed E-state index contributed by atoms with van der Waals surface area (Å²) >= 11 is 1.97. The molecule has 0 aromatic carbocycles. The summed E-state index contributed by atoms with van der Waals surface area (Å²) in [5, 5.41) is 0.799. The lowest BCUT2D eigenvalue weighted by molar-refractivity contribution is 0.685. The van der Waals surface area contributed by atoms with Crippen LogP contribution in [0.25, 0.3) is 0 Å². The lowest BCUT2D eigenvalue weighted by atomic mass is 9.96. The molecule has 1 atom stereocenters. The van der Waals surface area contributed by atoms with Crippen molar-refractivity contribution in [3.63, 3.8) is 0 Å². The summed E-state index contributed by atoms with van der Waals surface area (Å²) in [5.41, 5.74) is 2.78. The molecule has 1 nitrogen and oxygen atoms in total. The number of rotatable bonds is 1. The Bertz CT molecular complexity index is 272. The van der Waals surface area contributed by atoms with Crippen LogP contribution < -0.4 is 0 Å². The molecule has 1 unspecified atom stereocenters. The first-order valence-electron chi connectivity index (χ1n) is 4.35. The molecule has 64 valence electrons. The van der Waals surface area contributed by atoms with Crippen molar-refractivity contribution >= 4 is 11.8 Å². The predicted octanol–water partition coefficient (Wildman–Crippen LogP) is 2.30. The van der Waals surface area contributed by atoms with Crippen molar-refractivity contribution < 1.29 is 0 Å². The fourth-order valence-corrected chi connectivity index (χ4v) is 2.40. The molecule has 2 heteroatoms. The first-order valence-corrected chi connectivity index (χ1v) is 5.64. The van der Waals surface area contributed by atoms with Crippen LogP contribution in [0, 0.1) is 0 Å². The Morgan fingerprint density at radius 1 is 1.58 bits per heavy atom. The number of fused-ring (bicyclic) bond motifs is 1. The average Bonchev–Trinajstić information content (AvgIpc) is 2.17. The molecule has 2 rings (SSSR count). The second kappa shape index (κ2) is 3.48. The largest absolute Gasteiger partial charge is 0.261 e. The van der Waals surface area contributed by atoms with Crippen molar-refractivity contribution in [3.8, 4) is 0 Å². The van der Waals surface area contributed by atoms with Gasteiger partial charge in [-0.3, -0.25) is 4.98 Å². The van der Waals surface area contributed by atoms with E-state index in [1.54, 1.807) is 0 Å². The van der Waals surface area contributed by atoms with Crippen molar-refractivity contribution in [3.05, 3.63) is 29.6 Å². The molecule has 0 N–H and O–H groups in total. The fraction of sp³-hybridized carbons (Fsp3) is 0.500. The van der Waals surface area contributed by atoms with Gasteiger partial charge in [0.15, 0.2) is 0 Å². The van der Waals surface area contributed by atoms with Crippen molar-refractivity contribution in [2.24, 2.45) is 0 Å². The van der Waals surface area contributed by atoms with Gasteiger partial charge in [-0.25, -0.2) is 0 Å². The van der Waals surface area contributed by atoms with Gasteiger partial charge in [-0.2, -0.15) is 11.8 Å². The molecule has 0 fully saturated rings. The minimum Gasteiger partial charge on any atom is -0.261 e. The first-order chi connectivity index (χ1) is 5.90. The second-order valence-electron chi connectivity index (χ2n) is 3.21. The standard InChI is InChI=1S/C10H13NS/c1-12-9-5-4-8-3-2-6-11-10(8)7-9/h2-3,6,9H,4-5,7H2,1H3. The Morgan fingerprint density at radius 3 is 3.33 bits per heavy atom. The number of pyridine rings is 1. The second-order valence-corrected chi connectivity index (χ2v) is 4.35. The van der Waals surface area contributed by atoms with Crippen LogP contribution in [0.15, 0.2) is 18.3 Å². The van der Waals surface area contributed by atoms with Gasteiger partial charge in [0.1, 0.15) is 0 Å². The molecule has 0 aliphatic heterocycles. The van der Waals surface area contributed by atoms with Crippen LogP contribution in [-0.4, -0.2) is 16.5 Å². The van der Waals surface area contributed by atoms with Gasteiger partial charge in [-0.1, -0.05) is 6.07 Å². The number of aryl methyl sites for hydroxylation is 1. The summed E-state index contributed by atoms with van der Waals surface area (Å²) in [4.78, 5) is 4.40. The SMILES string of the molecule is CSC1CCc2cccnc2C1. The molecule has 0 radical (unpaired) electrons. The van der Waals surface area contributed by atoms with Crippen LogP contribution >= 0.6 is 11.8 Å². The number of thioether (sulfide) groups is 1. The Balaban J connectivity index is 2.23. The molecule has 12 heavy (non-hydrogen) atoms. The van der Waals surface area contributed by atoms with E-state index in [9.17, 15) is 0 Å². The maximum atomic E-state index is 4.40. The summed E-state index contributed by atoms with van der Waals surface area (Å²) in [7, 11) is 0. The van der Waals surface area contributed by atoms with E-state index in [1.165, 1.54) is 24.1 Å². The molecule has 0 bridgehead atoms. The first kappa shape index (κ1) is 8.11. The lowest BCUT2D eigenvalue weighted by Gasteiger charge is -2.21. The van der Waals surface area contributed by atoms with Gasteiger partial charge in [-0.15, -0.1) is 0 Å². The summed E-state index contributed by atoms with van der Waals surface area (Å²) < 4.78 is 0. The predicted molar refractivity (Wildman–Crippen MR) is 53.6 cm³/mol. The van der Waals surface area contributed by atoms with Crippen LogP contribution in [0.3, 0.4) is 0 Å². The van der Waals surface area contributed by atoms with E-state index < -0.39 is 0 Å². The molecular weight excluding hydrogens is 166 g/mol. The van der Waals surface area contributed by atoms with E-state index in [2.05, 4.69) is 17.3 Å². The number of aromatic nitrogens is 1. The molecule has 1 heterocycles. The third-order valence-electron chi connectivity index (χ3n) is 2.47. The van der Waals surface area contributed by atoms with Gasteiger partial charge in [0.25, 0.3) is 0 Å². The third kappa shape index (κ3) is 1.48. The highest BCUT2D eigenvalue weighted by molar-refractivity contribution is 7.99. The van der Waals surface area contributed by atoms with Crippen LogP contribution in [0.1, 0.15) is 17.7 Å². The zero-order chi connectivity index (χ0) is 8.39. The molecule has 0 saturated carbocycles. The normalized spacial score (nSPS) is 21.9. The number of nitrogens with zero attached hydrogens (tertiary/aromatic N) is 1. The van der Waals surface area contributed by atoms with Crippen molar-refractivity contribution in [2.45, 2.75) is 24.5 Å². The van der Waals surface area contributed by atoms with Gasteiger partial charge in [-0.05, 0) is 30.7 Å².